The van der Waals surface area contributed by atoms with Gasteiger partial charge < -0.3 is 10.6 Å². The number of carbonyl (C=O) groups excluding carboxylic acids is 3. The second-order valence-electron chi connectivity index (χ2n) is 6.05. The summed E-state index contributed by atoms with van der Waals surface area (Å²) in [6.07, 6.45) is 1.57. The number of amides is 2. The Bertz CT molecular complexity index is 957. The Morgan fingerprint density at radius 2 is 1.96 bits per heavy atom. The molecule has 2 aromatic rings. The number of carbonyl (C=O) groups is 3. The van der Waals surface area contributed by atoms with Gasteiger partial charge in [-0.2, -0.15) is 5.10 Å². The molecule has 1 atom stereocenters. The molecule has 7 nitrogen and oxygen atoms in total. The molecule has 0 aliphatic carbocycles. The Kier molecular flexibility index (Phi) is 6.33. The van der Waals surface area contributed by atoms with Crippen molar-refractivity contribution in [2.45, 2.75) is 18.6 Å². The van der Waals surface area contributed by atoms with E-state index in [0.717, 1.165) is 17.3 Å². The molecule has 28 heavy (non-hydrogen) atoms. The van der Waals surface area contributed by atoms with Gasteiger partial charge in [0.15, 0.2) is 11.0 Å². The fourth-order valence-corrected chi connectivity index (χ4v) is 3.39. The summed E-state index contributed by atoms with van der Waals surface area (Å²) in [6.45, 7) is 1.46. The molecule has 0 saturated carbocycles. The minimum atomic E-state index is -0.582. The maximum Gasteiger partial charge on any atom is 0.240 e. The van der Waals surface area contributed by atoms with E-state index in [9.17, 15) is 14.4 Å². The topological polar surface area (TPSA) is 100.0 Å². The molecule has 2 aromatic carbocycles. The summed E-state index contributed by atoms with van der Waals surface area (Å²) in [5.41, 5.74) is 1.92. The lowest BCUT2D eigenvalue weighted by Gasteiger charge is -2.08. The second-order valence-corrected chi connectivity index (χ2v) is 7.24. The minimum absolute atomic E-state index is 0.0117. The summed E-state index contributed by atoms with van der Waals surface area (Å²) in [5.74, 6) is -0.688. The number of thioether (sulfide) groups is 1. The average Bonchev–Trinajstić information content (AvgIpc) is 3.02. The lowest BCUT2D eigenvalue weighted by molar-refractivity contribution is -0.122. The summed E-state index contributed by atoms with van der Waals surface area (Å²) >= 11 is 1.16. The average molecular weight is 394 g/mol. The zero-order valence-corrected chi connectivity index (χ0v) is 15.9. The van der Waals surface area contributed by atoms with Crippen LogP contribution >= 0.6 is 11.8 Å². The molecule has 1 unspecified atom stereocenters. The van der Waals surface area contributed by atoms with Crippen LogP contribution in [-0.2, 0) is 9.59 Å². The number of nitrogens with one attached hydrogen (secondary N) is 2. The third kappa shape index (κ3) is 5.37. The van der Waals surface area contributed by atoms with Crippen LogP contribution in [0.2, 0.25) is 0 Å². The van der Waals surface area contributed by atoms with E-state index in [1.807, 2.05) is 30.3 Å². The molecule has 0 aromatic heterocycles. The fraction of sp³-hybridized carbons (Fsp3) is 0.150. The summed E-state index contributed by atoms with van der Waals surface area (Å²) in [7, 11) is 0. The van der Waals surface area contributed by atoms with E-state index in [1.165, 1.54) is 6.92 Å². The molecule has 1 saturated heterocycles. The third-order valence-corrected chi connectivity index (χ3v) is 4.93. The van der Waals surface area contributed by atoms with E-state index in [-0.39, 0.29) is 24.0 Å². The van der Waals surface area contributed by atoms with E-state index in [2.05, 4.69) is 20.8 Å². The van der Waals surface area contributed by atoms with Crippen molar-refractivity contribution in [3.8, 4) is 0 Å². The first-order valence-corrected chi connectivity index (χ1v) is 9.43. The van der Waals surface area contributed by atoms with Crippen molar-refractivity contribution in [2.75, 3.05) is 5.32 Å². The molecule has 8 heteroatoms. The van der Waals surface area contributed by atoms with Gasteiger partial charge in [-0.1, -0.05) is 54.2 Å². The maximum absolute atomic E-state index is 12.2. The van der Waals surface area contributed by atoms with Crippen LogP contribution in [0.3, 0.4) is 0 Å². The molecule has 3 rings (SSSR count). The summed E-state index contributed by atoms with van der Waals surface area (Å²) in [4.78, 5) is 35.7. The van der Waals surface area contributed by atoms with Gasteiger partial charge in [-0.15, -0.1) is 5.10 Å². The van der Waals surface area contributed by atoms with Crippen LogP contribution in [0.5, 0.6) is 0 Å². The van der Waals surface area contributed by atoms with Gasteiger partial charge in [0.2, 0.25) is 11.8 Å². The van der Waals surface area contributed by atoms with Crippen LogP contribution in [0.4, 0.5) is 5.69 Å². The van der Waals surface area contributed by atoms with Crippen molar-refractivity contribution in [1.82, 2.24) is 5.32 Å². The Labute approximate surface area is 166 Å². The number of Topliss-reactive ketones (excluding diaryl/α,β-unsaturated/α-hetero) is 1. The predicted octanol–water partition coefficient (Wildman–Crippen LogP) is 2.84. The highest BCUT2D eigenvalue weighted by atomic mass is 32.2. The van der Waals surface area contributed by atoms with Crippen molar-refractivity contribution < 1.29 is 14.4 Å². The number of hydrogen-bond acceptors (Lipinski definition) is 6. The second kappa shape index (κ2) is 9.09. The lowest BCUT2D eigenvalue weighted by atomic mass is 10.1. The minimum Gasteiger partial charge on any atom is -0.326 e. The number of amidine groups is 1. The van der Waals surface area contributed by atoms with Crippen LogP contribution in [0, 0.1) is 0 Å². The quantitative estimate of drug-likeness (QED) is 0.447. The van der Waals surface area contributed by atoms with E-state index < -0.39 is 5.25 Å². The molecule has 0 bridgehead atoms. The van der Waals surface area contributed by atoms with Gasteiger partial charge >= 0.3 is 0 Å². The smallest absolute Gasteiger partial charge is 0.240 e. The van der Waals surface area contributed by atoms with Gasteiger partial charge in [0.1, 0.15) is 5.25 Å². The first kappa shape index (κ1) is 19.5. The van der Waals surface area contributed by atoms with Crippen molar-refractivity contribution in [1.29, 1.82) is 0 Å². The zero-order valence-electron chi connectivity index (χ0n) is 15.1. The largest absolute Gasteiger partial charge is 0.326 e. The molecule has 1 heterocycles. The van der Waals surface area contributed by atoms with Gasteiger partial charge in [-0.05, 0) is 24.6 Å². The Morgan fingerprint density at radius 1 is 1.18 bits per heavy atom. The van der Waals surface area contributed by atoms with Crippen molar-refractivity contribution in [2.24, 2.45) is 10.2 Å². The fourth-order valence-electron chi connectivity index (χ4n) is 2.47. The van der Waals surface area contributed by atoms with Gasteiger partial charge in [-0.25, -0.2) is 0 Å². The van der Waals surface area contributed by atoms with Gasteiger partial charge in [-0.3, -0.25) is 14.4 Å². The van der Waals surface area contributed by atoms with E-state index >= 15 is 0 Å². The molecule has 1 fully saturated rings. The number of ketones is 1. The Morgan fingerprint density at radius 3 is 2.71 bits per heavy atom. The predicted molar refractivity (Wildman–Crippen MR) is 111 cm³/mol. The number of hydrogen-bond donors (Lipinski definition) is 2. The first-order valence-electron chi connectivity index (χ1n) is 8.56. The molecule has 1 aliphatic rings. The van der Waals surface area contributed by atoms with Gasteiger partial charge in [0, 0.05) is 17.7 Å². The Hall–Kier alpha value is -3.26. The van der Waals surface area contributed by atoms with E-state index in [4.69, 9.17) is 0 Å². The van der Waals surface area contributed by atoms with E-state index in [0.29, 0.717) is 16.4 Å². The van der Waals surface area contributed by atoms with Gasteiger partial charge in [0.25, 0.3) is 0 Å². The number of anilines is 1. The SMILES string of the molecule is CC(=O)c1cccc(NC(=O)CC2S/C(=N/N=C\c3ccccc3)NC2=O)c1. The van der Waals surface area contributed by atoms with E-state index in [1.54, 1.807) is 30.5 Å². The molecule has 0 radical (unpaired) electrons. The summed E-state index contributed by atoms with van der Waals surface area (Å²) < 4.78 is 0. The van der Waals surface area contributed by atoms with Crippen LogP contribution in [0.15, 0.2) is 64.8 Å². The van der Waals surface area contributed by atoms with Crippen molar-refractivity contribution >= 4 is 46.4 Å². The molecule has 142 valence electrons. The summed E-state index contributed by atoms with van der Waals surface area (Å²) in [5, 5.41) is 13.1. The first-order chi connectivity index (χ1) is 13.5. The molecular weight excluding hydrogens is 376 g/mol. The highest BCUT2D eigenvalue weighted by molar-refractivity contribution is 8.15. The van der Waals surface area contributed by atoms with Crippen molar-refractivity contribution in [3.63, 3.8) is 0 Å². The monoisotopic (exact) mass is 394 g/mol. The van der Waals surface area contributed by atoms with Crippen molar-refractivity contribution in [3.05, 3.63) is 65.7 Å². The maximum atomic E-state index is 12.2. The zero-order chi connectivity index (χ0) is 19.9. The van der Waals surface area contributed by atoms with Crippen LogP contribution in [0.25, 0.3) is 0 Å². The molecule has 2 N–H and O–H groups in total. The normalized spacial score (nSPS) is 17.7. The number of rotatable bonds is 6. The molecular formula is C20H18N4O3S. The summed E-state index contributed by atoms with van der Waals surface area (Å²) in [6, 6.07) is 16.1. The van der Waals surface area contributed by atoms with Crippen LogP contribution in [0.1, 0.15) is 29.3 Å². The van der Waals surface area contributed by atoms with Crippen LogP contribution < -0.4 is 10.6 Å². The number of benzene rings is 2. The highest BCUT2D eigenvalue weighted by Crippen LogP contribution is 2.23. The molecule has 1 aliphatic heterocycles. The highest BCUT2D eigenvalue weighted by Gasteiger charge is 2.32. The number of nitrogens with zero attached hydrogens (tertiary/aromatic N) is 2. The van der Waals surface area contributed by atoms with Gasteiger partial charge in [0.05, 0.1) is 6.21 Å². The standard InChI is InChI=1S/C20H18N4O3S/c1-13(25)15-8-5-9-16(10-15)22-18(26)11-17-19(27)23-20(28-17)24-21-12-14-6-3-2-4-7-14/h2-10,12,17H,11H2,1H3,(H,22,26)(H,23,24,27)/b21-12-. The third-order valence-electron chi connectivity index (χ3n) is 3.86. The molecule has 2 amide bonds. The molecule has 0 spiro atoms. The lowest BCUT2D eigenvalue weighted by Crippen LogP contribution is -2.28. The van der Waals surface area contributed by atoms with Crippen LogP contribution in [-0.4, -0.2) is 34.2 Å². The Balaban J connectivity index is 1.56.